The fourth-order valence-electron chi connectivity index (χ4n) is 3.25. The molecule has 3 aromatic rings. The molecule has 3 aromatic carbocycles. The van der Waals surface area contributed by atoms with Gasteiger partial charge in [-0.1, -0.05) is 72.3 Å². The highest BCUT2D eigenvalue weighted by Gasteiger charge is 2.22. The number of anilines is 1. The number of methoxy groups -OCH3 is 1. The van der Waals surface area contributed by atoms with Crippen LogP contribution in [0.2, 0.25) is 5.02 Å². The monoisotopic (exact) mass is 449 g/mol. The van der Waals surface area contributed by atoms with E-state index in [1.807, 2.05) is 60.7 Å². The molecule has 6 nitrogen and oxygen atoms in total. The van der Waals surface area contributed by atoms with E-state index in [1.54, 1.807) is 25.1 Å². The van der Waals surface area contributed by atoms with Crippen LogP contribution in [0.15, 0.2) is 84.0 Å². The van der Waals surface area contributed by atoms with E-state index in [0.717, 1.165) is 11.1 Å². The fraction of sp³-hybridized carbons (Fsp3) is 0.160. The second-order valence-corrected chi connectivity index (χ2v) is 7.58. The van der Waals surface area contributed by atoms with Crippen LogP contribution in [0.5, 0.6) is 5.75 Å². The first-order chi connectivity index (χ1) is 15.5. The number of hydrogen-bond donors (Lipinski definition) is 2. The molecule has 0 radical (unpaired) electrons. The third-order valence-electron chi connectivity index (χ3n) is 4.74. The summed E-state index contributed by atoms with van der Waals surface area (Å²) in [4.78, 5) is 25.4. The van der Waals surface area contributed by atoms with Gasteiger partial charge in [0.05, 0.1) is 25.1 Å². The highest BCUT2D eigenvalue weighted by molar-refractivity contribution is 6.31. The average Bonchev–Trinajstić information content (AvgIpc) is 2.79. The summed E-state index contributed by atoms with van der Waals surface area (Å²) in [5, 5.41) is 7.37. The Labute approximate surface area is 192 Å². The van der Waals surface area contributed by atoms with Crippen LogP contribution in [0, 0.1) is 0 Å². The highest BCUT2D eigenvalue weighted by Crippen LogP contribution is 2.28. The van der Waals surface area contributed by atoms with Gasteiger partial charge in [0.25, 0.3) is 5.91 Å². The molecule has 0 saturated carbocycles. The summed E-state index contributed by atoms with van der Waals surface area (Å²) < 4.78 is 5.23. The van der Waals surface area contributed by atoms with E-state index in [4.69, 9.17) is 16.3 Å². The summed E-state index contributed by atoms with van der Waals surface area (Å²) in [6, 6.07) is 23.9. The van der Waals surface area contributed by atoms with Gasteiger partial charge >= 0.3 is 0 Å². The van der Waals surface area contributed by atoms with Gasteiger partial charge in [-0.25, -0.2) is 5.43 Å². The Morgan fingerprint density at radius 1 is 0.969 bits per heavy atom. The summed E-state index contributed by atoms with van der Waals surface area (Å²) in [6.45, 7) is 1.68. The fourth-order valence-corrected chi connectivity index (χ4v) is 3.42. The number of rotatable bonds is 8. The highest BCUT2D eigenvalue weighted by atomic mass is 35.5. The minimum Gasteiger partial charge on any atom is -0.495 e. The number of hydrogen-bond acceptors (Lipinski definition) is 4. The van der Waals surface area contributed by atoms with Crippen LogP contribution < -0.4 is 15.5 Å². The van der Waals surface area contributed by atoms with Gasteiger partial charge in [-0.2, -0.15) is 5.10 Å². The molecule has 0 heterocycles. The van der Waals surface area contributed by atoms with Gasteiger partial charge in [-0.3, -0.25) is 9.59 Å². The maximum Gasteiger partial charge on any atom is 0.252 e. The molecule has 0 aliphatic heterocycles. The Hall–Kier alpha value is -3.64. The lowest BCUT2D eigenvalue weighted by molar-refractivity contribution is -0.121. The molecule has 32 heavy (non-hydrogen) atoms. The molecule has 0 unspecified atom stereocenters. The van der Waals surface area contributed by atoms with Gasteiger partial charge in [0.1, 0.15) is 5.75 Å². The first-order valence-electron chi connectivity index (χ1n) is 10.0. The molecule has 0 aliphatic carbocycles. The number of carbonyl (C=O) groups is 2. The quantitative estimate of drug-likeness (QED) is 0.375. The second kappa shape index (κ2) is 11.1. The number of carbonyl (C=O) groups excluding carboxylic acids is 2. The number of ether oxygens (including phenoxy) is 1. The summed E-state index contributed by atoms with van der Waals surface area (Å²) in [6.07, 6.45) is -0.00269. The number of nitrogens with zero attached hydrogens (tertiary/aromatic N) is 1. The minimum absolute atomic E-state index is 0.00269. The van der Waals surface area contributed by atoms with E-state index in [1.165, 1.54) is 7.11 Å². The van der Waals surface area contributed by atoms with Crippen LogP contribution in [0.3, 0.4) is 0 Å². The predicted octanol–water partition coefficient (Wildman–Crippen LogP) is 5.00. The number of hydrazone groups is 1. The van der Waals surface area contributed by atoms with E-state index >= 15 is 0 Å². The number of amides is 2. The lowest BCUT2D eigenvalue weighted by atomic mass is 9.91. The maximum absolute atomic E-state index is 13.0. The van der Waals surface area contributed by atoms with Crippen molar-refractivity contribution in [2.24, 2.45) is 5.10 Å². The molecular formula is C25H24ClN3O3. The molecule has 2 amide bonds. The molecule has 7 heteroatoms. The van der Waals surface area contributed by atoms with Crippen molar-refractivity contribution in [1.82, 2.24) is 5.43 Å². The molecule has 0 atom stereocenters. The third kappa shape index (κ3) is 6.18. The number of nitrogens with one attached hydrogen (secondary N) is 2. The average molecular weight is 450 g/mol. The third-order valence-corrected chi connectivity index (χ3v) is 4.97. The van der Waals surface area contributed by atoms with Gasteiger partial charge in [-0.05, 0) is 36.2 Å². The zero-order valence-corrected chi connectivity index (χ0v) is 18.6. The van der Waals surface area contributed by atoms with Crippen molar-refractivity contribution in [3.63, 3.8) is 0 Å². The molecule has 2 N–H and O–H groups in total. The van der Waals surface area contributed by atoms with Crippen LogP contribution >= 0.6 is 11.6 Å². The number of benzene rings is 3. The molecule has 164 valence electrons. The zero-order chi connectivity index (χ0) is 22.9. The van der Waals surface area contributed by atoms with E-state index in [2.05, 4.69) is 15.8 Å². The van der Waals surface area contributed by atoms with Gasteiger partial charge < -0.3 is 10.1 Å². The molecule has 0 saturated heterocycles. The lowest BCUT2D eigenvalue weighted by Crippen LogP contribution is -2.27. The zero-order valence-electron chi connectivity index (χ0n) is 17.8. The normalized spacial score (nSPS) is 11.2. The van der Waals surface area contributed by atoms with Crippen molar-refractivity contribution in [2.75, 3.05) is 12.4 Å². The Morgan fingerprint density at radius 3 is 2.12 bits per heavy atom. The Morgan fingerprint density at radius 2 is 1.56 bits per heavy atom. The smallest absolute Gasteiger partial charge is 0.252 e. The SMILES string of the molecule is COc1ccc(Cl)cc1NC(=O)C/C(C)=N\NC(=O)C(c1ccccc1)c1ccccc1. The van der Waals surface area contributed by atoms with E-state index in [9.17, 15) is 9.59 Å². The Kier molecular flexibility index (Phi) is 8.00. The van der Waals surface area contributed by atoms with Crippen molar-refractivity contribution in [2.45, 2.75) is 19.3 Å². The van der Waals surface area contributed by atoms with Gasteiger partial charge in [-0.15, -0.1) is 0 Å². The van der Waals surface area contributed by atoms with Crippen molar-refractivity contribution in [3.8, 4) is 5.75 Å². The van der Waals surface area contributed by atoms with Crippen molar-refractivity contribution in [3.05, 3.63) is 95.0 Å². The van der Waals surface area contributed by atoms with Gasteiger partial charge in [0.15, 0.2) is 0 Å². The van der Waals surface area contributed by atoms with Crippen molar-refractivity contribution < 1.29 is 14.3 Å². The predicted molar refractivity (Wildman–Crippen MR) is 127 cm³/mol. The van der Waals surface area contributed by atoms with Crippen LogP contribution in [-0.4, -0.2) is 24.6 Å². The molecule has 0 spiro atoms. The molecule has 0 fully saturated rings. The van der Waals surface area contributed by atoms with Crippen LogP contribution in [0.4, 0.5) is 5.69 Å². The maximum atomic E-state index is 13.0. The summed E-state index contributed by atoms with van der Waals surface area (Å²) in [5.41, 5.74) is 5.24. The Balaban J connectivity index is 1.68. The summed E-state index contributed by atoms with van der Waals surface area (Å²) >= 11 is 6.00. The van der Waals surface area contributed by atoms with Crippen LogP contribution in [-0.2, 0) is 9.59 Å². The largest absolute Gasteiger partial charge is 0.495 e. The number of halogens is 1. The van der Waals surface area contributed by atoms with Gasteiger partial charge in [0.2, 0.25) is 5.91 Å². The summed E-state index contributed by atoms with van der Waals surface area (Å²) in [5.74, 6) is -0.597. The first-order valence-corrected chi connectivity index (χ1v) is 10.4. The molecule has 0 aromatic heterocycles. The second-order valence-electron chi connectivity index (χ2n) is 7.15. The van der Waals surface area contributed by atoms with E-state index in [-0.39, 0.29) is 18.2 Å². The van der Waals surface area contributed by atoms with Crippen molar-refractivity contribution >= 4 is 34.8 Å². The molecule has 0 aliphatic rings. The Bertz CT molecular complexity index is 1060. The van der Waals surface area contributed by atoms with Gasteiger partial charge in [0, 0.05) is 10.7 Å². The van der Waals surface area contributed by atoms with Crippen molar-refractivity contribution in [1.29, 1.82) is 0 Å². The molecule has 3 rings (SSSR count). The van der Waals surface area contributed by atoms with Crippen LogP contribution in [0.1, 0.15) is 30.4 Å². The lowest BCUT2D eigenvalue weighted by Gasteiger charge is -2.16. The summed E-state index contributed by atoms with van der Waals surface area (Å²) in [7, 11) is 1.51. The van der Waals surface area contributed by atoms with E-state index in [0.29, 0.717) is 22.2 Å². The molecule has 0 bridgehead atoms. The minimum atomic E-state index is -0.515. The first kappa shape index (κ1) is 23.0. The van der Waals surface area contributed by atoms with Crippen LogP contribution in [0.25, 0.3) is 0 Å². The van der Waals surface area contributed by atoms with E-state index < -0.39 is 5.92 Å². The standard InChI is InChI=1S/C25H24ClN3O3/c1-17(15-23(30)27-21-16-20(26)13-14-22(21)32-2)28-29-25(31)24(18-9-5-3-6-10-18)19-11-7-4-8-12-19/h3-14,16,24H,15H2,1-2H3,(H,27,30)(H,29,31)/b28-17-. The topological polar surface area (TPSA) is 79.8 Å². The molecular weight excluding hydrogens is 426 g/mol.